The summed E-state index contributed by atoms with van der Waals surface area (Å²) >= 11 is 5.84. The van der Waals surface area contributed by atoms with E-state index in [4.69, 9.17) is 16.0 Å². The van der Waals surface area contributed by atoms with Gasteiger partial charge in [0.25, 0.3) is 5.91 Å². The highest BCUT2D eigenvalue weighted by Crippen LogP contribution is 2.22. The second kappa shape index (κ2) is 6.71. The highest BCUT2D eigenvalue weighted by molar-refractivity contribution is 6.30. The molecular formula is C17H16ClN3O2. The van der Waals surface area contributed by atoms with E-state index in [9.17, 15) is 4.79 Å². The van der Waals surface area contributed by atoms with Gasteiger partial charge in [-0.15, -0.1) is 0 Å². The molecule has 0 atom stereocenters. The Hall–Kier alpha value is -2.53. The third-order valence-corrected chi connectivity index (χ3v) is 3.58. The molecule has 0 aliphatic rings. The molecule has 1 amide bonds. The zero-order chi connectivity index (χ0) is 16.2. The second-order valence-corrected chi connectivity index (χ2v) is 5.51. The number of aromatic nitrogens is 2. The predicted molar refractivity (Wildman–Crippen MR) is 89.6 cm³/mol. The Morgan fingerprint density at radius 3 is 2.74 bits per heavy atom. The van der Waals surface area contributed by atoms with Crippen LogP contribution in [0.3, 0.4) is 0 Å². The van der Waals surface area contributed by atoms with E-state index in [-0.39, 0.29) is 5.91 Å². The van der Waals surface area contributed by atoms with E-state index in [1.54, 1.807) is 41.3 Å². The lowest BCUT2D eigenvalue weighted by atomic mass is 10.2. The number of benzene rings is 1. The maximum atomic E-state index is 12.4. The molecule has 5 nitrogen and oxygen atoms in total. The molecule has 2 aromatic heterocycles. The first kappa shape index (κ1) is 15.4. The van der Waals surface area contributed by atoms with Crippen molar-refractivity contribution in [2.75, 3.05) is 5.32 Å². The summed E-state index contributed by atoms with van der Waals surface area (Å²) in [4.78, 5) is 12.4. The number of carbonyl (C=O) groups is 1. The van der Waals surface area contributed by atoms with Crippen LogP contribution >= 0.6 is 11.6 Å². The molecule has 3 aromatic rings. The van der Waals surface area contributed by atoms with Gasteiger partial charge in [0, 0.05) is 23.3 Å². The monoisotopic (exact) mass is 329 g/mol. The Bertz CT molecular complexity index is 792. The molecule has 1 aromatic carbocycles. The van der Waals surface area contributed by atoms with E-state index in [1.165, 1.54) is 0 Å². The Morgan fingerprint density at radius 1 is 1.30 bits per heavy atom. The summed E-state index contributed by atoms with van der Waals surface area (Å²) in [7, 11) is 0. The van der Waals surface area contributed by atoms with Crippen LogP contribution in [-0.2, 0) is 6.54 Å². The Morgan fingerprint density at radius 2 is 2.09 bits per heavy atom. The summed E-state index contributed by atoms with van der Waals surface area (Å²) in [6, 6.07) is 12.3. The molecule has 118 valence electrons. The summed E-state index contributed by atoms with van der Waals surface area (Å²) in [5.74, 6) is 0.423. The molecule has 0 saturated carbocycles. The maximum absolute atomic E-state index is 12.4. The van der Waals surface area contributed by atoms with E-state index < -0.39 is 0 Å². The standard InChI is InChI=1S/C17H16ClN3O2/c1-2-9-21-15(16-4-3-10-23-16)11-14(20-21)17(22)19-13-7-5-12(18)6-8-13/h3-8,10-11H,2,9H2,1H3,(H,19,22). The summed E-state index contributed by atoms with van der Waals surface area (Å²) in [6.45, 7) is 2.77. The molecule has 0 spiro atoms. The van der Waals surface area contributed by atoms with Crippen LogP contribution in [0.2, 0.25) is 5.02 Å². The summed E-state index contributed by atoms with van der Waals surface area (Å²) in [6.07, 6.45) is 2.51. The van der Waals surface area contributed by atoms with Gasteiger partial charge in [-0.05, 0) is 42.8 Å². The SMILES string of the molecule is CCCn1nc(C(=O)Nc2ccc(Cl)cc2)cc1-c1ccco1. The van der Waals surface area contributed by atoms with Gasteiger partial charge in [0.2, 0.25) is 0 Å². The summed E-state index contributed by atoms with van der Waals surface area (Å²) in [5, 5.41) is 7.82. The number of carbonyl (C=O) groups excluding carboxylic acids is 1. The number of hydrogen-bond acceptors (Lipinski definition) is 3. The van der Waals surface area contributed by atoms with Gasteiger partial charge in [0.15, 0.2) is 11.5 Å². The fraction of sp³-hybridized carbons (Fsp3) is 0.176. The van der Waals surface area contributed by atoms with Gasteiger partial charge >= 0.3 is 0 Å². The van der Waals surface area contributed by atoms with Gasteiger partial charge in [0.05, 0.1) is 6.26 Å². The fourth-order valence-corrected chi connectivity index (χ4v) is 2.39. The van der Waals surface area contributed by atoms with Crippen LogP contribution in [0.1, 0.15) is 23.8 Å². The molecule has 0 aliphatic heterocycles. The van der Waals surface area contributed by atoms with Gasteiger partial charge in [-0.2, -0.15) is 5.10 Å². The summed E-state index contributed by atoms with van der Waals surface area (Å²) in [5.41, 5.74) is 1.81. The average Bonchev–Trinajstić information content (AvgIpc) is 3.19. The van der Waals surface area contributed by atoms with E-state index in [0.717, 1.165) is 12.1 Å². The first-order valence-corrected chi connectivity index (χ1v) is 7.74. The number of anilines is 1. The molecule has 23 heavy (non-hydrogen) atoms. The molecule has 0 bridgehead atoms. The third-order valence-electron chi connectivity index (χ3n) is 3.32. The average molecular weight is 330 g/mol. The molecular weight excluding hydrogens is 314 g/mol. The van der Waals surface area contributed by atoms with Crippen LogP contribution in [0, 0.1) is 0 Å². The second-order valence-electron chi connectivity index (χ2n) is 5.08. The minimum absolute atomic E-state index is 0.269. The van der Waals surface area contributed by atoms with Crippen molar-refractivity contribution in [3.63, 3.8) is 0 Å². The van der Waals surface area contributed by atoms with Crippen molar-refractivity contribution in [1.82, 2.24) is 9.78 Å². The largest absolute Gasteiger partial charge is 0.463 e. The lowest BCUT2D eigenvalue weighted by Crippen LogP contribution is -2.13. The number of aryl methyl sites for hydroxylation is 1. The molecule has 2 heterocycles. The highest BCUT2D eigenvalue weighted by Gasteiger charge is 2.17. The van der Waals surface area contributed by atoms with Gasteiger partial charge in [-0.1, -0.05) is 18.5 Å². The first-order chi connectivity index (χ1) is 11.2. The molecule has 0 aliphatic carbocycles. The van der Waals surface area contributed by atoms with Crippen molar-refractivity contribution in [3.05, 3.63) is 59.4 Å². The zero-order valence-corrected chi connectivity index (χ0v) is 13.4. The Balaban J connectivity index is 1.86. The number of furan rings is 1. The number of nitrogens with one attached hydrogen (secondary N) is 1. The quantitative estimate of drug-likeness (QED) is 0.751. The number of hydrogen-bond donors (Lipinski definition) is 1. The van der Waals surface area contributed by atoms with Gasteiger partial charge in [-0.25, -0.2) is 0 Å². The highest BCUT2D eigenvalue weighted by atomic mass is 35.5. The van der Waals surface area contributed by atoms with Crippen LogP contribution in [0.15, 0.2) is 53.1 Å². The van der Waals surface area contributed by atoms with Crippen LogP contribution in [0.4, 0.5) is 5.69 Å². The topological polar surface area (TPSA) is 60.1 Å². The fourth-order valence-electron chi connectivity index (χ4n) is 2.26. The molecule has 0 unspecified atom stereocenters. The van der Waals surface area contributed by atoms with E-state index >= 15 is 0 Å². The third kappa shape index (κ3) is 3.46. The minimum atomic E-state index is -0.269. The van der Waals surface area contributed by atoms with Crippen molar-refractivity contribution in [1.29, 1.82) is 0 Å². The Kier molecular flexibility index (Phi) is 4.48. The molecule has 0 radical (unpaired) electrons. The van der Waals surface area contributed by atoms with Crippen molar-refractivity contribution >= 4 is 23.2 Å². The normalized spacial score (nSPS) is 10.7. The first-order valence-electron chi connectivity index (χ1n) is 7.36. The van der Waals surface area contributed by atoms with Crippen molar-refractivity contribution in [2.45, 2.75) is 19.9 Å². The molecule has 6 heteroatoms. The van der Waals surface area contributed by atoms with Gasteiger partial charge < -0.3 is 9.73 Å². The molecule has 0 saturated heterocycles. The molecule has 3 rings (SSSR count). The number of nitrogens with zero attached hydrogens (tertiary/aromatic N) is 2. The van der Waals surface area contributed by atoms with E-state index in [1.807, 2.05) is 12.1 Å². The lowest BCUT2D eigenvalue weighted by molar-refractivity contribution is 0.102. The van der Waals surface area contributed by atoms with Gasteiger partial charge in [-0.3, -0.25) is 9.48 Å². The molecule has 1 N–H and O–H groups in total. The van der Waals surface area contributed by atoms with Crippen molar-refractivity contribution in [3.8, 4) is 11.5 Å². The zero-order valence-electron chi connectivity index (χ0n) is 12.6. The molecule has 0 fully saturated rings. The van der Waals surface area contributed by atoms with Crippen molar-refractivity contribution < 1.29 is 9.21 Å². The van der Waals surface area contributed by atoms with Crippen LogP contribution in [0.25, 0.3) is 11.5 Å². The van der Waals surface area contributed by atoms with Crippen molar-refractivity contribution in [2.24, 2.45) is 0 Å². The maximum Gasteiger partial charge on any atom is 0.276 e. The predicted octanol–water partition coefficient (Wildman–Crippen LogP) is 4.46. The van der Waals surface area contributed by atoms with E-state index in [2.05, 4.69) is 17.3 Å². The smallest absolute Gasteiger partial charge is 0.276 e. The van der Waals surface area contributed by atoms with Crippen LogP contribution in [-0.4, -0.2) is 15.7 Å². The number of amides is 1. The van der Waals surface area contributed by atoms with Crippen LogP contribution in [0.5, 0.6) is 0 Å². The number of rotatable bonds is 5. The number of halogens is 1. The minimum Gasteiger partial charge on any atom is -0.463 e. The Labute approximate surface area is 138 Å². The van der Waals surface area contributed by atoms with Gasteiger partial charge in [0.1, 0.15) is 5.69 Å². The van der Waals surface area contributed by atoms with Crippen LogP contribution < -0.4 is 5.32 Å². The van der Waals surface area contributed by atoms with E-state index in [0.29, 0.717) is 28.7 Å². The summed E-state index contributed by atoms with van der Waals surface area (Å²) < 4.78 is 7.21. The lowest BCUT2D eigenvalue weighted by Gasteiger charge is -2.03.